The Labute approximate surface area is 132 Å². The van der Waals surface area contributed by atoms with Crippen molar-refractivity contribution in [2.45, 2.75) is 6.54 Å². The van der Waals surface area contributed by atoms with Crippen molar-refractivity contribution < 1.29 is 0 Å². The minimum atomic E-state index is 0.640. The molecule has 0 bridgehead atoms. The first-order valence-corrected chi connectivity index (χ1v) is 7.10. The Morgan fingerprint density at radius 1 is 1.00 bits per heavy atom. The number of benzene rings is 2. The van der Waals surface area contributed by atoms with Crippen LogP contribution < -0.4 is 5.32 Å². The highest BCUT2D eigenvalue weighted by Gasteiger charge is 2.00. The van der Waals surface area contributed by atoms with Crippen LogP contribution in [-0.4, -0.2) is 14.8 Å². The number of aromatic nitrogens is 3. The molecule has 0 radical (unpaired) electrons. The average molecular weight is 319 g/mol. The summed E-state index contributed by atoms with van der Waals surface area (Å²) in [5.41, 5.74) is 3.01. The lowest BCUT2D eigenvalue weighted by molar-refractivity contribution is 0.879. The minimum absolute atomic E-state index is 0.640. The van der Waals surface area contributed by atoms with Crippen LogP contribution in [0.2, 0.25) is 10.0 Å². The third-order valence-electron chi connectivity index (χ3n) is 2.97. The van der Waals surface area contributed by atoms with Crippen molar-refractivity contribution in [3.63, 3.8) is 0 Å². The van der Waals surface area contributed by atoms with Crippen molar-refractivity contribution in [2.75, 3.05) is 5.32 Å². The Morgan fingerprint density at radius 2 is 1.71 bits per heavy atom. The summed E-state index contributed by atoms with van der Waals surface area (Å²) >= 11 is 12.0. The van der Waals surface area contributed by atoms with Crippen molar-refractivity contribution >= 4 is 28.9 Å². The Morgan fingerprint density at radius 3 is 2.33 bits per heavy atom. The second kappa shape index (κ2) is 6.16. The van der Waals surface area contributed by atoms with E-state index in [-0.39, 0.29) is 0 Å². The number of nitrogens with zero attached hydrogens (tertiary/aromatic N) is 3. The van der Waals surface area contributed by atoms with Gasteiger partial charge in [0.2, 0.25) is 0 Å². The van der Waals surface area contributed by atoms with Gasteiger partial charge in [0.25, 0.3) is 0 Å². The molecule has 0 aliphatic heterocycles. The largest absolute Gasteiger partial charge is 0.381 e. The minimum Gasteiger partial charge on any atom is -0.381 e. The van der Waals surface area contributed by atoms with Crippen LogP contribution in [0.5, 0.6) is 0 Å². The van der Waals surface area contributed by atoms with Crippen LogP contribution in [-0.2, 0) is 6.54 Å². The number of hydrogen-bond acceptors (Lipinski definition) is 3. The highest BCUT2D eigenvalue weighted by Crippen LogP contribution is 2.20. The van der Waals surface area contributed by atoms with E-state index in [0.717, 1.165) is 16.9 Å². The smallest absolute Gasteiger partial charge is 0.138 e. The molecule has 0 atom stereocenters. The number of rotatable bonds is 4. The standard InChI is InChI=1S/C15H12Cl2N4/c16-12-5-11(6-13(17)7-12)8-19-14-1-3-15(4-2-14)21-10-18-9-20-21/h1-7,9-10,19H,8H2. The molecule has 1 aromatic heterocycles. The Balaban J connectivity index is 1.68. The molecular weight excluding hydrogens is 307 g/mol. The Hall–Kier alpha value is -2.04. The van der Waals surface area contributed by atoms with E-state index in [2.05, 4.69) is 15.4 Å². The first-order chi connectivity index (χ1) is 10.2. The molecule has 0 fully saturated rings. The zero-order chi connectivity index (χ0) is 14.7. The van der Waals surface area contributed by atoms with E-state index in [9.17, 15) is 0 Å². The fourth-order valence-electron chi connectivity index (χ4n) is 1.99. The van der Waals surface area contributed by atoms with Crippen molar-refractivity contribution in [3.05, 3.63) is 70.7 Å². The Kier molecular flexibility index (Phi) is 4.08. The Bertz CT molecular complexity index is 704. The molecule has 3 rings (SSSR count). The van der Waals surface area contributed by atoms with E-state index in [4.69, 9.17) is 23.2 Å². The van der Waals surface area contributed by atoms with Crippen LogP contribution in [0.15, 0.2) is 55.1 Å². The number of nitrogens with one attached hydrogen (secondary N) is 1. The van der Waals surface area contributed by atoms with Gasteiger partial charge in [0.05, 0.1) is 5.69 Å². The van der Waals surface area contributed by atoms with Crippen LogP contribution in [0.4, 0.5) is 5.69 Å². The number of halogens is 2. The molecule has 2 aromatic carbocycles. The first-order valence-electron chi connectivity index (χ1n) is 6.34. The maximum Gasteiger partial charge on any atom is 0.138 e. The summed E-state index contributed by atoms with van der Waals surface area (Å²) in [5, 5.41) is 8.69. The van der Waals surface area contributed by atoms with E-state index in [0.29, 0.717) is 16.6 Å². The second-order valence-corrected chi connectivity index (χ2v) is 5.39. The van der Waals surface area contributed by atoms with E-state index in [1.54, 1.807) is 17.1 Å². The van der Waals surface area contributed by atoms with Crippen molar-refractivity contribution in [2.24, 2.45) is 0 Å². The summed E-state index contributed by atoms with van der Waals surface area (Å²) in [5.74, 6) is 0. The molecule has 0 spiro atoms. The predicted octanol–water partition coefficient (Wildman–Crippen LogP) is 4.19. The van der Waals surface area contributed by atoms with Crippen LogP contribution >= 0.6 is 23.2 Å². The molecule has 6 heteroatoms. The van der Waals surface area contributed by atoms with Crippen molar-refractivity contribution in [1.82, 2.24) is 14.8 Å². The molecule has 0 saturated carbocycles. The third-order valence-corrected chi connectivity index (χ3v) is 3.41. The van der Waals surface area contributed by atoms with Crippen LogP contribution in [0, 0.1) is 0 Å². The topological polar surface area (TPSA) is 42.7 Å². The van der Waals surface area contributed by atoms with Gasteiger partial charge in [-0.05, 0) is 48.0 Å². The highest BCUT2D eigenvalue weighted by molar-refractivity contribution is 6.34. The summed E-state index contributed by atoms with van der Waals surface area (Å²) in [4.78, 5) is 3.92. The quantitative estimate of drug-likeness (QED) is 0.784. The lowest BCUT2D eigenvalue weighted by atomic mass is 10.2. The summed E-state index contributed by atoms with van der Waals surface area (Å²) < 4.78 is 1.71. The second-order valence-electron chi connectivity index (χ2n) is 4.52. The van der Waals surface area contributed by atoms with Crippen LogP contribution in [0.1, 0.15) is 5.56 Å². The lowest BCUT2D eigenvalue weighted by Gasteiger charge is -2.08. The SMILES string of the molecule is Clc1cc(Cl)cc(CNc2ccc(-n3cncn3)cc2)c1. The van der Waals surface area contributed by atoms with Gasteiger partial charge in [-0.3, -0.25) is 0 Å². The monoisotopic (exact) mass is 318 g/mol. The lowest BCUT2D eigenvalue weighted by Crippen LogP contribution is -2.00. The molecule has 4 nitrogen and oxygen atoms in total. The van der Waals surface area contributed by atoms with Crippen LogP contribution in [0.25, 0.3) is 5.69 Å². The normalized spacial score (nSPS) is 10.6. The molecule has 3 aromatic rings. The summed E-state index contributed by atoms with van der Waals surface area (Å²) in [7, 11) is 0. The predicted molar refractivity (Wildman–Crippen MR) is 85.1 cm³/mol. The van der Waals surface area contributed by atoms with Crippen molar-refractivity contribution in [1.29, 1.82) is 0 Å². The van der Waals surface area contributed by atoms with Gasteiger partial charge >= 0.3 is 0 Å². The molecule has 106 valence electrons. The summed E-state index contributed by atoms with van der Waals surface area (Å²) in [6.45, 7) is 0.656. The molecule has 0 aliphatic rings. The fourth-order valence-corrected chi connectivity index (χ4v) is 2.56. The maximum atomic E-state index is 5.98. The van der Waals surface area contributed by atoms with Gasteiger partial charge in [-0.1, -0.05) is 23.2 Å². The van der Waals surface area contributed by atoms with Gasteiger partial charge < -0.3 is 5.32 Å². The zero-order valence-electron chi connectivity index (χ0n) is 11.0. The number of hydrogen-bond donors (Lipinski definition) is 1. The van der Waals surface area contributed by atoms with Gasteiger partial charge in [-0.15, -0.1) is 0 Å². The van der Waals surface area contributed by atoms with Gasteiger partial charge in [0.15, 0.2) is 0 Å². The molecule has 1 heterocycles. The average Bonchev–Trinajstić information content (AvgIpc) is 2.99. The highest BCUT2D eigenvalue weighted by atomic mass is 35.5. The number of anilines is 1. The summed E-state index contributed by atoms with van der Waals surface area (Å²) in [6, 6.07) is 13.4. The fraction of sp³-hybridized carbons (Fsp3) is 0.0667. The van der Waals surface area contributed by atoms with E-state index in [1.165, 1.54) is 6.33 Å². The molecule has 0 saturated heterocycles. The van der Waals surface area contributed by atoms with Gasteiger partial charge in [0.1, 0.15) is 12.7 Å². The van der Waals surface area contributed by atoms with E-state index >= 15 is 0 Å². The third kappa shape index (κ3) is 3.54. The molecule has 21 heavy (non-hydrogen) atoms. The van der Waals surface area contributed by atoms with Gasteiger partial charge in [0, 0.05) is 22.3 Å². The molecule has 0 aliphatic carbocycles. The summed E-state index contributed by atoms with van der Waals surface area (Å²) in [6.07, 6.45) is 3.17. The van der Waals surface area contributed by atoms with E-state index in [1.807, 2.05) is 36.4 Å². The van der Waals surface area contributed by atoms with Gasteiger partial charge in [-0.2, -0.15) is 5.10 Å². The molecule has 1 N–H and O–H groups in total. The molecule has 0 unspecified atom stereocenters. The molecule has 0 amide bonds. The zero-order valence-corrected chi connectivity index (χ0v) is 12.5. The maximum absolute atomic E-state index is 5.98. The van der Waals surface area contributed by atoms with E-state index < -0.39 is 0 Å². The van der Waals surface area contributed by atoms with Crippen molar-refractivity contribution in [3.8, 4) is 5.69 Å². The molecular formula is C15H12Cl2N4. The van der Waals surface area contributed by atoms with Gasteiger partial charge in [-0.25, -0.2) is 9.67 Å². The van der Waals surface area contributed by atoms with Crippen LogP contribution in [0.3, 0.4) is 0 Å². The first kappa shape index (κ1) is 13.9.